The van der Waals surface area contributed by atoms with Gasteiger partial charge >= 0.3 is 0 Å². The predicted molar refractivity (Wildman–Crippen MR) is 103 cm³/mol. The lowest BCUT2D eigenvalue weighted by Gasteiger charge is -2.30. The molecule has 0 aliphatic carbocycles. The number of imidazole rings is 1. The molecule has 0 radical (unpaired) electrons. The van der Waals surface area contributed by atoms with Crippen molar-refractivity contribution >= 4 is 23.2 Å². The lowest BCUT2D eigenvalue weighted by molar-refractivity contribution is -0.189. The van der Waals surface area contributed by atoms with Crippen LogP contribution in [0.5, 0.6) is 5.75 Å². The zero-order chi connectivity index (χ0) is 19.6. The first-order chi connectivity index (χ1) is 13.5. The summed E-state index contributed by atoms with van der Waals surface area (Å²) in [6, 6.07) is 11.0. The highest BCUT2D eigenvalue weighted by atomic mass is 35.5. The van der Waals surface area contributed by atoms with Crippen LogP contribution in [-0.4, -0.2) is 28.9 Å². The minimum atomic E-state index is -1.10. The number of halogens is 3. The molecule has 1 saturated heterocycles. The molecule has 0 saturated carbocycles. The minimum absolute atomic E-state index is 0.252. The highest BCUT2D eigenvalue weighted by Gasteiger charge is 2.45. The molecule has 0 bridgehead atoms. The van der Waals surface area contributed by atoms with E-state index in [1.165, 1.54) is 12.1 Å². The maximum Gasteiger partial charge on any atom is 0.215 e. The summed E-state index contributed by atoms with van der Waals surface area (Å²) in [6.07, 6.45) is 4.85. The average Bonchev–Trinajstić information content (AvgIpc) is 3.32. The third-order valence-corrected chi connectivity index (χ3v) is 4.95. The maximum absolute atomic E-state index is 13.0. The van der Waals surface area contributed by atoms with E-state index in [0.717, 1.165) is 0 Å². The predicted octanol–water partition coefficient (Wildman–Crippen LogP) is 4.68. The van der Waals surface area contributed by atoms with Crippen LogP contribution in [0.2, 0.25) is 10.0 Å². The quantitative estimate of drug-likeness (QED) is 0.578. The zero-order valence-electron chi connectivity index (χ0n) is 14.7. The van der Waals surface area contributed by atoms with E-state index in [2.05, 4.69) is 4.98 Å². The molecule has 1 fully saturated rings. The van der Waals surface area contributed by atoms with Gasteiger partial charge in [-0.3, -0.25) is 0 Å². The van der Waals surface area contributed by atoms with E-state index in [4.69, 9.17) is 37.4 Å². The van der Waals surface area contributed by atoms with Crippen molar-refractivity contribution in [3.8, 4) is 5.75 Å². The van der Waals surface area contributed by atoms with Crippen LogP contribution in [0.3, 0.4) is 0 Å². The Balaban J connectivity index is 1.54. The molecule has 3 aromatic rings. The Kier molecular flexibility index (Phi) is 5.55. The van der Waals surface area contributed by atoms with Gasteiger partial charge in [-0.05, 0) is 36.4 Å². The van der Waals surface area contributed by atoms with Crippen molar-refractivity contribution in [1.29, 1.82) is 0 Å². The van der Waals surface area contributed by atoms with E-state index < -0.39 is 5.79 Å². The van der Waals surface area contributed by atoms with Crippen LogP contribution < -0.4 is 4.74 Å². The van der Waals surface area contributed by atoms with Crippen molar-refractivity contribution in [3.63, 3.8) is 0 Å². The molecule has 4 rings (SSSR count). The van der Waals surface area contributed by atoms with Gasteiger partial charge in [-0.15, -0.1) is 0 Å². The van der Waals surface area contributed by atoms with E-state index in [1.807, 2.05) is 10.8 Å². The van der Waals surface area contributed by atoms with Crippen molar-refractivity contribution in [2.45, 2.75) is 18.4 Å². The molecule has 1 aliphatic heterocycles. The van der Waals surface area contributed by atoms with Gasteiger partial charge in [0.15, 0.2) is 0 Å². The molecule has 1 aliphatic rings. The molecule has 2 heterocycles. The number of nitrogens with zero attached hydrogens (tertiary/aromatic N) is 2. The van der Waals surface area contributed by atoms with Gasteiger partial charge < -0.3 is 18.8 Å². The summed E-state index contributed by atoms with van der Waals surface area (Å²) in [5.74, 6) is -0.856. The summed E-state index contributed by atoms with van der Waals surface area (Å²) >= 11 is 12.5. The normalized spacial score (nSPS) is 21.8. The largest absolute Gasteiger partial charge is 0.491 e. The Hall–Kier alpha value is -2.12. The van der Waals surface area contributed by atoms with Gasteiger partial charge in [0.25, 0.3) is 0 Å². The Morgan fingerprint density at radius 1 is 1.21 bits per heavy atom. The molecular weight excluding hydrogens is 406 g/mol. The van der Waals surface area contributed by atoms with E-state index in [0.29, 0.717) is 34.5 Å². The van der Waals surface area contributed by atoms with Crippen molar-refractivity contribution < 1.29 is 18.6 Å². The van der Waals surface area contributed by atoms with Crippen LogP contribution in [0.1, 0.15) is 5.56 Å². The number of rotatable bonds is 6. The second-order valence-electron chi connectivity index (χ2n) is 6.43. The first kappa shape index (κ1) is 19.2. The maximum atomic E-state index is 13.0. The molecule has 2 atom stereocenters. The molecule has 0 N–H and O–H groups in total. The Bertz CT molecular complexity index is 937. The number of benzene rings is 2. The van der Waals surface area contributed by atoms with E-state index in [-0.39, 0.29) is 18.5 Å². The third-order valence-electron chi connectivity index (χ3n) is 4.40. The van der Waals surface area contributed by atoms with Crippen LogP contribution in [0.25, 0.3) is 0 Å². The molecular formula is C20H17Cl2FN2O3. The van der Waals surface area contributed by atoms with Gasteiger partial charge in [0.1, 0.15) is 24.3 Å². The lowest BCUT2D eigenvalue weighted by atomic mass is 10.1. The standard InChI is InChI=1S/C20H17Cl2FN2O3/c21-14-1-6-18(19(22)9-14)20(12-25-8-7-24-13-25)27-11-17(28-20)10-26-16-4-2-15(23)3-5-16/h1-9,13,17H,10-12H2/t17-,20-/m1/s1. The summed E-state index contributed by atoms with van der Waals surface area (Å²) in [6.45, 7) is 0.929. The Morgan fingerprint density at radius 2 is 2.04 bits per heavy atom. The van der Waals surface area contributed by atoms with Gasteiger partial charge in [0.05, 0.1) is 24.5 Å². The summed E-state index contributed by atoms with van der Waals surface area (Å²) in [4.78, 5) is 4.07. The van der Waals surface area contributed by atoms with Gasteiger partial charge in [0.2, 0.25) is 5.79 Å². The smallest absolute Gasteiger partial charge is 0.215 e. The minimum Gasteiger partial charge on any atom is -0.491 e. The fraction of sp³-hybridized carbons (Fsp3) is 0.250. The van der Waals surface area contributed by atoms with E-state index in [9.17, 15) is 4.39 Å². The monoisotopic (exact) mass is 422 g/mol. The van der Waals surface area contributed by atoms with Crippen LogP contribution in [0.15, 0.2) is 61.2 Å². The average molecular weight is 423 g/mol. The SMILES string of the molecule is Fc1ccc(OC[C@@H]2CO[C@@](Cn3ccnc3)(c3ccc(Cl)cc3Cl)O2)cc1. The number of hydrogen-bond acceptors (Lipinski definition) is 4. The summed E-state index contributed by atoms with van der Waals surface area (Å²) in [7, 11) is 0. The van der Waals surface area contributed by atoms with Crippen LogP contribution in [0, 0.1) is 5.82 Å². The van der Waals surface area contributed by atoms with Crippen LogP contribution in [-0.2, 0) is 21.8 Å². The fourth-order valence-corrected chi connectivity index (χ4v) is 3.65. The fourth-order valence-electron chi connectivity index (χ4n) is 3.10. The summed E-state index contributed by atoms with van der Waals surface area (Å²) in [5.41, 5.74) is 0.677. The third kappa shape index (κ3) is 4.15. The van der Waals surface area contributed by atoms with E-state index in [1.54, 1.807) is 42.9 Å². The van der Waals surface area contributed by atoms with Gasteiger partial charge in [-0.2, -0.15) is 0 Å². The Morgan fingerprint density at radius 3 is 2.75 bits per heavy atom. The van der Waals surface area contributed by atoms with Gasteiger partial charge in [-0.25, -0.2) is 9.37 Å². The number of ether oxygens (including phenoxy) is 3. The molecule has 0 unspecified atom stereocenters. The molecule has 2 aromatic carbocycles. The highest BCUT2D eigenvalue weighted by molar-refractivity contribution is 6.35. The van der Waals surface area contributed by atoms with Crippen molar-refractivity contribution in [3.05, 3.63) is 82.6 Å². The molecule has 28 heavy (non-hydrogen) atoms. The molecule has 0 spiro atoms. The summed E-state index contributed by atoms with van der Waals surface area (Å²) in [5, 5.41) is 0.980. The summed E-state index contributed by atoms with van der Waals surface area (Å²) < 4.78 is 33.0. The highest BCUT2D eigenvalue weighted by Crippen LogP contribution is 2.40. The van der Waals surface area contributed by atoms with Crippen molar-refractivity contribution in [2.24, 2.45) is 0 Å². The van der Waals surface area contributed by atoms with E-state index >= 15 is 0 Å². The Labute approximate surface area is 171 Å². The van der Waals surface area contributed by atoms with Crippen molar-refractivity contribution in [1.82, 2.24) is 9.55 Å². The molecule has 1 aromatic heterocycles. The topological polar surface area (TPSA) is 45.5 Å². The first-order valence-electron chi connectivity index (χ1n) is 8.65. The second-order valence-corrected chi connectivity index (χ2v) is 7.27. The zero-order valence-corrected chi connectivity index (χ0v) is 16.2. The first-order valence-corrected chi connectivity index (χ1v) is 9.41. The number of hydrogen-bond donors (Lipinski definition) is 0. The second kappa shape index (κ2) is 8.09. The molecule has 8 heteroatoms. The van der Waals surface area contributed by atoms with Gasteiger partial charge in [0, 0.05) is 23.0 Å². The molecule has 146 valence electrons. The molecule has 0 amide bonds. The lowest BCUT2D eigenvalue weighted by Crippen LogP contribution is -2.34. The van der Waals surface area contributed by atoms with Crippen LogP contribution >= 0.6 is 23.2 Å². The number of aromatic nitrogens is 2. The molecule has 5 nitrogen and oxygen atoms in total. The van der Waals surface area contributed by atoms with Crippen LogP contribution in [0.4, 0.5) is 4.39 Å². The van der Waals surface area contributed by atoms with Crippen molar-refractivity contribution in [2.75, 3.05) is 13.2 Å². The van der Waals surface area contributed by atoms with Gasteiger partial charge in [-0.1, -0.05) is 29.3 Å².